The molecule has 8 heteroatoms. The van der Waals surface area contributed by atoms with Gasteiger partial charge in [-0.3, -0.25) is 0 Å². The Kier molecular flexibility index (Phi) is 35.4. The van der Waals surface area contributed by atoms with Crippen LogP contribution in [-0.2, 0) is 77.4 Å². The van der Waals surface area contributed by atoms with Crippen LogP contribution in [0.15, 0.2) is 592 Å². The Morgan fingerprint density at radius 1 is 0.223 bits per heavy atom. The molecule has 2 nitrogen and oxygen atoms in total. The summed E-state index contributed by atoms with van der Waals surface area (Å²) >= 11 is 0. The summed E-state index contributed by atoms with van der Waals surface area (Å²) in [5, 5.41) is 19.3. The molecule has 0 bridgehead atoms. The normalized spacial score (nSPS) is 11.8. The van der Waals surface area contributed by atoms with Gasteiger partial charge in [0.05, 0.1) is 72.0 Å². The van der Waals surface area contributed by atoms with Crippen molar-refractivity contribution in [2.75, 3.05) is 0 Å². The summed E-state index contributed by atoms with van der Waals surface area (Å²) in [6.45, 7) is 12.9. The first-order chi connectivity index (χ1) is 63.8. The maximum absolute atomic E-state index is 10.1. The minimum atomic E-state index is -0.155. The summed E-state index contributed by atoms with van der Waals surface area (Å²) < 4.78 is 0. The number of benzene rings is 18. The summed E-state index contributed by atoms with van der Waals surface area (Å²) in [6.07, 6.45) is 6.93. The van der Waals surface area contributed by atoms with Crippen molar-refractivity contribution in [3.8, 4) is 5.75 Å². The second-order valence-corrected chi connectivity index (χ2v) is 44.8. The highest BCUT2D eigenvalue weighted by atomic mass is 32.2. The Hall–Kier alpha value is -12.2. The number of aromatic hydroxyl groups is 1. The van der Waals surface area contributed by atoms with Gasteiger partial charge >= 0.3 is 0 Å². The molecule has 1 aliphatic rings. The van der Waals surface area contributed by atoms with Crippen LogP contribution in [0.3, 0.4) is 0 Å². The van der Waals surface area contributed by atoms with Gasteiger partial charge in [-0.2, -0.15) is 0 Å². The fraction of sp³-hybridized carbons (Fsp3) is 0.115. The molecule has 0 unspecified atom stereocenters. The summed E-state index contributed by atoms with van der Waals surface area (Å²) in [6, 6.07) is 179. The summed E-state index contributed by atoms with van der Waals surface area (Å²) in [5.74, 6) is 1.17. The van der Waals surface area contributed by atoms with Gasteiger partial charge < -0.3 is 10.2 Å². The lowest BCUT2D eigenvalue weighted by Crippen LogP contribution is -2.11. The zero-order chi connectivity index (χ0) is 89.9. The maximum atomic E-state index is 10.1. The largest absolute Gasteiger partial charge is 0.507 e. The van der Waals surface area contributed by atoms with Crippen LogP contribution in [-0.4, -0.2) is 10.2 Å². The first-order valence-corrected chi connectivity index (χ1v) is 52.1. The number of aliphatic hydroxyl groups is 1. The number of aliphatic hydroxyl groups excluding tert-OH is 1. The second kappa shape index (κ2) is 49.0. The van der Waals surface area contributed by atoms with Crippen LogP contribution in [0.25, 0.3) is 0 Å². The Labute approximate surface area is 791 Å². The van der Waals surface area contributed by atoms with E-state index in [0.717, 1.165) is 22.6 Å². The smallest absolute Gasteiger partial charge is 0.167 e. The van der Waals surface area contributed by atoms with Gasteiger partial charge in [-0.15, -0.1) is 0 Å². The van der Waals surface area contributed by atoms with Crippen LogP contribution in [0, 0.1) is 20.8 Å². The first kappa shape index (κ1) is 94.0. The SMILES string of the molecule is CC(C)(C)c1ccc([S+](c2ccccc2)c2ccccc2)cc1.Cc1cc([S+](c2ccccc2)c2ccccc2)cc(C)c1O.Cc1ccc([S+](c2ccccc2)c2ccccc2)cc1.OCc1ccc([S+](c2ccccc2)c2ccccc2)cc1.c1ccc([S+](c2ccccc2)c2ccc(C3CCCCC3)cc2)cc1.c1ccc([S+](c2ccccc2)c2ccccc2)cc1. The van der Waals surface area contributed by atoms with Gasteiger partial charge in [0.1, 0.15) is 5.75 Å². The van der Waals surface area contributed by atoms with E-state index >= 15 is 0 Å². The molecule has 18 aromatic rings. The van der Waals surface area contributed by atoms with Crippen LogP contribution in [0.1, 0.15) is 92.2 Å². The zero-order valence-corrected chi connectivity index (χ0v) is 80.0. The van der Waals surface area contributed by atoms with Gasteiger partial charge in [0.15, 0.2) is 88.1 Å². The van der Waals surface area contributed by atoms with E-state index in [0.29, 0.717) is 5.75 Å². The molecular formula is C122H116O2S6+6. The second-order valence-electron chi connectivity index (χ2n) is 32.6. The third-order valence-corrected chi connectivity index (χ3v) is 35.5. The van der Waals surface area contributed by atoms with Gasteiger partial charge in [-0.05, 0) is 279 Å². The highest BCUT2D eigenvalue weighted by Crippen LogP contribution is 2.41. The van der Waals surface area contributed by atoms with Crippen molar-refractivity contribution in [1.82, 2.24) is 0 Å². The van der Waals surface area contributed by atoms with Gasteiger partial charge in [0, 0.05) is 12.1 Å². The molecule has 1 fully saturated rings. The van der Waals surface area contributed by atoms with E-state index in [1.807, 2.05) is 50.2 Å². The summed E-state index contributed by atoms with van der Waals surface area (Å²) in [5.41, 5.74) is 7.22. The van der Waals surface area contributed by atoms with E-state index in [9.17, 15) is 10.2 Å². The highest BCUT2D eigenvalue weighted by Gasteiger charge is 2.35. The Balaban J connectivity index is 0.000000126. The van der Waals surface area contributed by atoms with Crippen molar-refractivity contribution in [3.63, 3.8) is 0 Å². The van der Waals surface area contributed by atoms with Crippen LogP contribution in [0.5, 0.6) is 5.75 Å². The maximum Gasteiger partial charge on any atom is 0.167 e. The number of aryl methyl sites for hydroxylation is 3. The molecular weight excluding hydrogens is 1690 g/mol. The molecule has 19 rings (SSSR count). The third kappa shape index (κ3) is 26.5. The van der Waals surface area contributed by atoms with E-state index in [-0.39, 0.29) is 77.4 Å². The van der Waals surface area contributed by atoms with E-state index in [1.165, 1.54) is 137 Å². The van der Waals surface area contributed by atoms with Crippen molar-refractivity contribution in [2.24, 2.45) is 0 Å². The van der Waals surface area contributed by atoms with E-state index in [4.69, 9.17) is 0 Å². The fourth-order valence-corrected chi connectivity index (χ4v) is 28.2. The lowest BCUT2D eigenvalue weighted by atomic mass is 9.84. The highest BCUT2D eigenvalue weighted by molar-refractivity contribution is 7.98. The summed E-state index contributed by atoms with van der Waals surface area (Å²) in [7, 11) is -0.376. The van der Waals surface area contributed by atoms with E-state index < -0.39 is 0 Å². The standard InChI is InChI=1S/C24H25S.C22H23S.C20H18OS.C19H17OS.C19H17S.C18H15S/c1-4-10-20(11-5-1)21-16-18-24(19-17-21)25(22-12-6-2-7-13-22)23-14-8-3-9-15-23;1-22(2,3)18-14-16-21(17-15-18)23(19-10-6-4-7-11-19)20-12-8-5-9-13-20;1-15-13-19(14-16(2)20(15)21)22(17-9-5-3-6-10-17)18-11-7-4-8-12-18;20-15-16-11-13-19(14-12-16)21(17-7-3-1-4-8-17)18-9-5-2-6-10-18;1-16-12-14-19(15-13-16)20(17-8-4-2-5-9-17)18-10-6-3-7-11-18;1-4-10-16(11-5-1)19(17-12-6-2-7-13-17)18-14-8-3-9-15-18/h2-3,6-9,12-20H,1,4-5,10-11H2;4-17H,1-3H3;3-14H,1-2H3;1-14,20H,15H2;2-15H,1H3;1-15H/q2*+1;;3*+1/p+1. The van der Waals surface area contributed by atoms with Gasteiger partial charge in [0.25, 0.3) is 0 Å². The predicted octanol–water partition coefficient (Wildman–Crippen LogP) is 32.2. The van der Waals surface area contributed by atoms with E-state index in [2.05, 4.69) is 495 Å². The molecule has 18 aromatic carbocycles. The molecule has 0 saturated heterocycles. The van der Waals surface area contributed by atoms with Crippen LogP contribution >= 0.6 is 0 Å². The van der Waals surface area contributed by atoms with Crippen molar-refractivity contribution >= 4 is 65.4 Å². The molecule has 1 saturated carbocycles. The minimum absolute atomic E-state index is 0.0146. The molecule has 0 aliphatic heterocycles. The van der Waals surface area contributed by atoms with Crippen LogP contribution in [0.4, 0.5) is 0 Å². The number of phenols is 1. The molecule has 0 heterocycles. The lowest BCUT2D eigenvalue weighted by Gasteiger charge is -2.22. The zero-order valence-electron chi connectivity index (χ0n) is 75.1. The molecule has 1 aliphatic carbocycles. The molecule has 0 amide bonds. The van der Waals surface area contributed by atoms with Gasteiger partial charge in [-0.1, -0.05) is 331 Å². The van der Waals surface area contributed by atoms with Crippen molar-refractivity contribution in [3.05, 3.63) is 537 Å². The predicted molar refractivity (Wildman–Crippen MR) is 555 cm³/mol. The number of phenolic OH excluding ortho intramolecular Hbond substituents is 1. The average Bonchev–Trinajstić information content (AvgIpc) is 0.766. The molecule has 0 radical (unpaired) electrons. The number of hydrogen-bond donors (Lipinski definition) is 2. The Morgan fingerprint density at radius 3 is 0.615 bits per heavy atom. The fourth-order valence-electron chi connectivity index (χ4n) is 15.5. The molecule has 0 aromatic heterocycles. The Bertz CT molecular complexity index is 5940. The number of hydrogen-bond acceptors (Lipinski definition) is 2. The van der Waals surface area contributed by atoms with Crippen molar-refractivity contribution in [2.45, 2.75) is 180 Å². The quantitative estimate of drug-likeness (QED) is 0.0747. The van der Waals surface area contributed by atoms with Crippen molar-refractivity contribution in [1.29, 1.82) is 0 Å². The van der Waals surface area contributed by atoms with E-state index in [1.54, 1.807) is 0 Å². The summed E-state index contributed by atoms with van der Waals surface area (Å²) in [4.78, 5) is 24.2. The monoisotopic (exact) mass is 1800 g/mol. The van der Waals surface area contributed by atoms with Crippen molar-refractivity contribution < 1.29 is 10.2 Å². The molecule has 130 heavy (non-hydrogen) atoms. The lowest BCUT2D eigenvalue weighted by molar-refractivity contribution is 0.282. The minimum Gasteiger partial charge on any atom is -0.507 e. The number of rotatable bonds is 20. The van der Waals surface area contributed by atoms with Gasteiger partial charge in [0.2, 0.25) is 0 Å². The Morgan fingerprint density at radius 2 is 0.408 bits per heavy atom. The van der Waals surface area contributed by atoms with Gasteiger partial charge in [-0.25, -0.2) is 0 Å². The third-order valence-electron chi connectivity index (χ3n) is 22.2. The molecule has 0 atom stereocenters. The molecule has 2 N–H and O–H groups in total. The first-order valence-electron chi connectivity index (χ1n) is 44.7. The van der Waals surface area contributed by atoms with Crippen LogP contribution in [0.2, 0.25) is 0 Å². The molecule has 0 spiro atoms. The molecule has 646 valence electrons. The topological polar surface area (TPSA) is 40.5 Å². The average molecular weight is 1810 g/mol. The van der Waals surface area contributed by atoms with Crippen LogP contribution < -0.4 is 0 Å².